The van der Waals surface area contributed by atoms with Crippen LogP contribution in [0.2, 0.25) is 5.02 Å². The van der Waals surface area contributed by atoms with E-state index in [-0.39, 0.29) is 0 Å². The molecule has 124 valence electrons. The summed E-state index contributed by atoms with van der Waals surface area (Å²) in [5.41, 5.74) is 2.30. The Morgan fingerprint density at radius 2 is 1.83 bits per heavy atom. The summed E-state index contributed by atoms with van der Waals surface area (Å²) in [6, 6.07) is 16.0. The quantitative estimate of drug-likeness (QED) is 0.676. The van der Waals surface area contributed by atoms with E-state index in [1.807, 2.05) is 43.3 Å². The van der Waals surface area contributed by atoms with E-state index < -0.39 is 0 Å². The van der Waals surface area contributed by atoms with Crippen LogP contribution in [0, 0.1) is 0 Å². The highest BCUT2D eigenvalue weighted by molar-refractivity contribution is 6.31. The first-order chi connectivity index (χ1) is 11.3. The Bertz CT molecular complexity index is 572. The summed E-state index contributed by atoms with van der Waals surface area (Å²) in [6.07, 6.45) is 1.09. The topological polar surface area (TPSA) is 35.1 Å². The third-order valence-electron chi connectivity index (χ3n) is 3.56. The average Bonchev–Trinajstić information content (AvgIpc) is 2.58. The Morgan fingerprint density at radius 3 is 2.57 bits per heavy atom. The molecule has 0 aliphatic heterocycles. The van der Waals surface area contributed by atoms with Crippen LogP contribution >= 0.6 is 11.6 Å². The van der Waals surface area contributed by atoms with Gasteiger partial charge in [-0.3, -0.25) is 0 Å². The average molecular weight is 335 g/mol. The fourth-order valence-corrected chi connectivity index (χ4v) is 2.43. The third-order valence-corrected chi connectivity index (χ3v) is 3.93. The highest BCUT2D eigenvalue weighted by Gasteiger charge is 2.01. The maximum Gasteiger partial charge on any atom is 0.119 e. The highest BCUT2D eigenvalue weighted by Crippen LogP contribution is 2.18. The van der Waals surface area contributed by atoms with Gasteiger partial charge in [-0.05, 0) is 37.3 Å². The smallest absolute Gasteiger partial charge is 0.119 e. The Kier molecular flexibility index (Phi) is 7.95. The number of nitrogens with two attached hydrogens (primary N) is 1. The van der Waals surface area contributed by atoms with Crippen molar-refractivity contribution in [3.05, 3.63) is 64.7 Å². The Hall–Kier alpha value is -1.55. The molecule has 0 saturated carbocycles. The van der Waals surface area contributed by atoms with Gasteiger partial charge in [0.15, 0.2) is 0 Å². The van der Waals surface area contributed by atoms with Gasteiger partial charge in [0.2, 0.25) is 0 Å². The summed E-state index contributed by atoms with van der Waals surface area (Å²) in [7, 11) is 0. The van der Waals surface area contributed by atoms with Gasteiger partial charge in [0, 0.05) is 29.2 Å². The highest BCUT2D eigenvalue weighted by atomic mass is 35.5. The standard InChI is InChI=1S/C19H24ClNO2/c1-2-22-13-5-12-21-14-16-8-10-18(11-9-16)23-15-17-6-3-4-7-19(17)20/h3-4,6-11,21H,2,5,12-15H2,1H3/p+1. The molecule has 0 aliphatic carbocycles. The fourth-order valence-electron chi connectivity index (χ4n) is 2.24. The van der Waals surface area contributed by atoms with Crippen molar-refractivity contribution in [3.8, 4) is 5.75 Å². The summed E-state index contributed by atoms with van der Waals surface area (Å²) < 4.78 is 11.1. The van der Waals surface area contributed by atoms with E-state index in [0.717, 1.165) is 49.1 Å². The fraction of sp³-hybridized carbons (Fsp3) is 0.368. The molecule has 23 heavy (non-hydrogen) atoms. The summed E-state index contributed by atoms with van der Waals surface area (Å²) in [5, 5.41) is 3.05. The molecule has 0 spiro atoms. The van der Waals surface area contributed by atoms with Crippen LogP contribution in [-0.2, 0) is 17.9 Å². The number of hydrogen-bond donors (Lipinski definition) is 1. The van der Waals surface area contributed by atoms with Crippen molar-refractivity contribution >= 4 is 11.6 Å². The normalized spacial score (nSPS) is 10.7. The van der Waals surface area contributed by atoms with Crippen molar-refractivity contribution in [2.75, 3.05) is 19.8 Å². The van der Waals surface area contributed by atoms with Gasteiger partial charge in [-0.2, -0.15) is 0 Å². The molecule has 0 radical (unpaired) electrons. The second-order valence-electron chi connectivity index (χ2n) is 5.36. The number of rotatable bonds is 10. The molecule has 2 rings (SSSR count). The predicted octanol–water partition coefficient (Wildman–Crippen LogP) is 3.41. The lowest BCUT2D eigenvalue weighted by Gasteiger charge is -2.08. The summed E-state index contributed by atoms with van der Waals surface area (Å²) in [6.45, 7) is 6.24. The van der Waals surface area contributed by atoms with Gasteiger partial charge in [-0.1, -0.05) is 29.8 Å². The van der Waals surface area contributed by atoms with Gasteiger partial charge >= 0.3 is 0 Å². The van der Waals surface area contributed by atoms with Gasteiger partial charge in [0.05, 0.1) is 13.2 Å². The molecule has 0 saturated heterocycles. The molecule has 0 fully saturated rings. The molecule has 0 unspecified atom stereocenters. The minimum Gasteiger partial charge on any atom is -0.489 e. The van der Waals surface area contributed by atoms with Gasteiger partial charge in [-0.15, -0.1) is 0 Å². The first-order valence-electron chi connectivity index (χ1n) is 8.14. The minimum atomic E-state index is 0.489. The van der Waals surface area contributed by atoms with E-state index in [2.05, 4.69) is 17.4 Å². The van der Waals surface area contributed by atoms with Crippen LogP contribution in [-0.4, -0.2) is 19.8 Å². The van der Waals surface area contributed by atoms with Gasteiger partial charge < -0.3 is 14.8 Å². The second kappa shape index (κ2) is 10.3. The Morgan fingerprint density at radius 1 is 1.04 bits per heavy atom. The zero-order chi connectivity index (χ0) is 16.3. The maximum absolute atomic E-state index is 6.13. The molecule has 0 heterocycles. The second-order valence-corrected chi connectivity index (χ2v) is 5.76. The van der Waals surface area contributed by atoms with E-state index in [9.17, 15) is 0 Å². The number of quaternary nitrogens is 1. The predicted molar refractivity (Wildman–Crippen MR) is 93.8 cm³/mol. The lowest BCUT2D eigenvalue weighted by molar-refractivity contribution is -0.671. The van der Waals surface area contributed by atoms with E-state index in [0.29, 0.717) is 6.61 Å². The van der Waals surface area contributed by atoms with Crippen molar-refractivity contribution in [1.29, 1.82) is 0 Å². The van der Waals surface area contributed by atoms with Crippen LogP contribution < -0.4 is 10.1 Å². The van der Waals surface area contributed by atoms with Crippen LogP contribution in [0.1, 0.15) is 24.5 Å². The lowest BCUT2D eigenvalue weighted by atomic mass is 10.2. The van der Waals surface area contributed by atoms with E-state index in [1.165, 1.54) is 5.56 Å². The van der Waals surface area contributed by atoms with Gasteiger partial charge in [0.25, 0.3) is 0 Å². The van der Waals surface area contributed by atoms with E-state index in [1.54, 1.807) is 0 Å². The molecule has 0 bridgehead atoms. The molecule has 0 aliphatic rings. The molecule has 0 atom stereocenters. The van der Waals surface area contributed by atoms with Crippen molar-refractivity contribution in [2.45, 2.75) is 26.5 Å². The first kappa shape index (κ1) is 17.8. The molecule has 3 nitrogen and oxygen atoms in total. The van der Waals surface area contributed by atoms with Gasteiger partial charge in [-0.25, -0.2) is 0 Å². The molecule has 2 aromatic rings. The van der Waals surface area contributed by atoms with Crippen molar-refractivity contribution < 1.29 is 14.8 Å². The zero-order valence-electron chi connectivity index (χ0n) is 13.6. The molecule has 0 amide bonds. The summed E-state index contributed by atoms with van der Waals surface area (Å²) >= 11 is 6.13. The number of halogens is 1. The molecule has 0 aromatic heterocycles. The molecule has 4 heteroatoms. The summed E-state index contributed by atoms with van der Waals surface area (Å²) in [4.78, 5) is 0. The number of ether oxygens (including phenoxy) is 2. The minimum absolute atomic E-state index is 0.489. The Balaban J connectivity index is 1.71. The maximum atomic E-state index is 6.13. The summed E-state index contributed by atoms with van der Waals surface area (Å²) in [5.74, 6) is 0.866. The van der Waals surface area contributed by atoms with Crippen LogP contribution in [0.25, 0.3) is 0 Å². The van der Waals surface area contributed by atoms with E-state index in [4.69, 9.17) is 21.1 Å². The molecule has 2 N–H and O–H groups in total. The molecule has 2 aromatic carbocycles. The largest absolute Gasteiger partial charge is 0.489 e. The monoisotopic (exact) mass is 334 g/mol. The zero-order valence-corrected chi connectivity index (χ0v) is 14.4. The molecular formula is C19H25ClNO2+. The van der Waals surface area contributed by atoms with E-state index >= 15 is 0 Å². The van der Waals surface area contributed by atoms with Crippen LogP contribution in [0.5, 0.6) is 5.75 Å². The lowest BCUT2D eigenvalue weighted by Crippen LogP contribution is -2.82. The third kappa shape index (κ3) is 6.61. The Labute approximate surface area is 143 Å². The van der Waals surface area contributed by atoms with Crippen molar-refractivity contribution in [3.63, 3.8) is 0 Å². The van der Waals surface area contributed by atoms with Gasteiger partial charge in [0.1, 0.15) is 18.9 Å². The number of hydrogen-bond acceptors (Lipinski definition) is 2. The van der Waals surface area contributed by atoms with Crippen LogP contribution in [0.4, 0.5) is 0 Å². The molecular weight excluding hydrogens is 310 g/mol. The first-order valence-corrected chi connectivity index (χ1v) is 8.52. The van der Waals surface area contributed by atoms with Crippen LogP contribution in [0.15, 0.2) is 48.5 Å². The van der Waals surface area contributed by atoms with Crippen molar-refractivity contribution in [1.82, 2.24) is 0 Å². The van der Waals surface area contributed by atoms with Crippen molar-refractivity contribution in [2.24, 2.45) is 0 Å². The van der Waals surface area contributed by atoms with Crippen LogP contribution in [0.3, 0.4) is 0 Å². The number of benzene rings is 2. The SMILES string of the molecule is CCOCCC[NH2+]Cc1ccc(OCc2ccccc2Cl)cc1.